The highest BCUT2D eigenvalue weighted by Gasteiger charge is 2.10. The smallest absolute Gasteiger partial charge is 0.308 e. The summed E-state index contributed by atoms with van der Waals surface area (Å²) in [6, 6.07) is 1.73. The lowest BCUT2D eigenvalue weighted by Crippen LogP contribution is -2.20. The molecule has 1 atom stereocenters. The minimum absolute atomic E-state index is 0.332. The van der Waals surface area contributed by atoms with E-state index in [1.165, 1.54) is 6.33 Å². The average Bonchev–Trinajstić information content (AvgIpc) is 2.26. The Bertz CT molecular complexity index is 357. The lowest BCUT2D eigenvalue weighted by molar-refractivity contribution is -0.140. The van der Waals surface area contributed by atoms with E-state index in [2.05, 4.69) is 15.3 Å². The molecule has 6 heteroatoms. The molecule has 1 aromatic rings. The van der Waals surface area contributed by atoms with Crippen LogP contribution in [-0.2, 0) is 16.1 Å². The van der Waals surface area contributed by atoms with Crippen LogP contribution in [0.15, 0.2) is 12.4 Å². The zero-order chi connectivity index (χ0) is 12.0. The lowest BCUT2D eigenvalue weighted by Gasteiger charge is -2.09. The van der Waals surface area contributed by atoms with Crippen molar-refractivity contribution < 1.29 is 14.6 Å². The lowest BCUT2D eigenvalue weighted by atomic mass is 10.2. The van der Waals surface area contributed by atoms with Gasteiger partial charge in [-0.15, -0.1) is 0 Å². The Balaban J connectivity index is 2.53. The van der Waals surface area contributed by atoms with Gasteiger partial charge < -0.3 is 15.2 Å². The molecule has 0 aromatic carbocycles. The van der Waals surface area contributed by atoms with Gasteiger partial charge in [-0.25, -0.2) is 9.97 Å². The van der Waals surface area contributed by atoms with Crippen LogP contribution in [0.1, 0.15) is 12.6 Å². The van der Waals surface area contributed by atoms with E-state index in [4.69, 9.17) is 9.84 Å². The Hall–Kier alpha value is -1.69. The summed E-state index contributed by atoms with van der Waals surface area (Å²) in [5, 5.41) is 11.6. The molecular formula is C10H15N3O3. The van der Waals surface area contributed by atoms with Crippen molar-refractivity contribution in [1.82, 2.24) is 9.97 Å². The third-order valence-electron chi connectivity index (χ3n) is 2.03. The van der Waals surface area contributed by atoms with E-state index in [1.807, 2.05) is 0 Å². The van der Waals surface area contributed by atoms with Crippen molar-refractivity contribution in [3.05, 3.63) is 18.1 Å². The number of hydrogen-bond acceptors (Lipinski definition) is 5. The van der Waals surface area contributed by atoms with Crippen molar-refractivity contribution in [2.24, 2.45) is 5.92 Å². The third-order valence-corrected chi connectivity index (χ3v) is 2.03. The summed E-state index contributed by atoms with van der Waals surface area (Å²) >= 11 is 0. The standard InChI is InChI=1S/C10H15N3O3/c1-7(10(14)15)4-11-9-3-8(5-16-2)12-6-13-9/h3,6-7H,4-5H2,1-2H3,(H,14,15)(H,11,12,13). The Morgan fingerprint density at radius 1 is 1.62 bits per heavy atom. The number of nitrogens with zero attached hydrogens (tertiary/aromatic N) is 2. The van der Waals surface area contributed by atoms with Crippen molar-refractivity contribution in [2.75, 3.05) is 19.0 Å². The van der Waals surface area contributed by atoms with Gasteiger partial charge in [0.05, 0.1) is 18.2 Å². The summed E-state index contributed by atoms with van der Waals surface area (Å²) < 4.78 is 4.93. The van der Waals surface area contributed by atoms with Crippen LogP contribution in [0, 0.1) is 5.92 Å². The number of anilines is 1. The summed E-state index contributed by atoms with van der Waals surface area (Å²) in [6.45, 7) is 2.37. The van der Waals surface area contributed by atoms with Crippen LogP contribution in [0.3, 0.4) is 0 Å². The Morgan fingerprint density at radius 3 is 3.00 bits per heavy atom. The Kier molecular flexibility index (Phi) is 4.65. The predicted octanol–water partition coefficient (Wildman–Crippen LogP) is 0.756. The van der Waals surface area contributed by atoms with Gasteiger partial charge in [-0.1, -0.05) is 6.92 Å². The van der Waals surface area contributed by atoms with Gasteiger partial charge in [0.2, 0.25) is 0 Å². The van der Waals surface area contributed by atoms with Crippen molar-refractivity contribution in [2.45, 2.75) is 13.5 Å². The molecule has 88 valence electrons. The molecule has 1 unspecified atom stereocenters. The highest BCUT2D eigenvalue weighted by Crippen LogP contribution is 2.06. The highest BCUT2D eigenvalue weighted by molar-refractivity contribution is 5.70. The van der Waals surface area contributed by atoms with Gasteiger partial charge in [-0.05, 0) is 0 Å². The molecule has 0 aliphatic heterocycles. The summed E-state index contributed by atoms with van der Waals surface area (Å²) in [7, 11) is 1.59. The number of carboxylic acid groups (broad SMARTS) is 1. The second kappa shape index (κ2) is 6.02. The van der Waals surface area contributed by atoms with Crippen LogP contribution in [0.5, 0.6) is 0 Å². The van der Waals surface area contributed by atoms with Crippen LogP contribution in [0.2, 0.25) is 0 Å². The molecule has 0 bridgehead atoms. The second-order valence-electron chi connectivity index (χ2n) is 3.45. The topological polar surface area (TPSA) is 84.3 Å². The number of hydrogen-bond donors (Lipinski definition) is 2. The molecule has 1 rings (SSSR count). The van der Waals surface area contributed by atoms with E-state index in [0.717, 1.165) is 5.69 Å². The van der Waals surface area contributed by atoms with Crippen molar-refractivity contribution >= 4 is 11.8 Å². The SMILES string of the molecule is COCc1cc(NCC(C)C(=O)O)ncn1. The minimum atomic E-state index is -0.835. The number of aromatic nitrogens is 2. The van der Waals surface area contributed by atoms with Gasteiger partial charge >= 0.3 is 5.97 Å². The first-order valence-corrected chi connectivity index (χ1v) is 4.90. The van der Waals surface area contributed by atoms with Crippen LogP contribution in [0.4, 0.5) is 5.82 Å². The maximum atomic E-state index is 10.6. The van der Waals surface area contributed by atoms with Crippen molar-refractivity contribution in [1.29, 1.82) is 0 Å². The van der Waals surface area contributed by atoms with Gasteiger partial charge in [0.1, 0.15) is 12.1 Å². The number of aliphatic carboxylic acids is 1. The quantitative estimate of drug-likeness (QED) is 0.743. The summed E-state index contributed by atoms with van der Waals surface area (Å²) in [5.74, 6) is -0.685. The number of carbonyl (C=O) groups is 1. The van der Waals surface area contributed by atoms with Gasteiger partial charge in [0.15, 0.2) is 0 Å². The Morgan fingerprint density at radius 2 is 2.38 bits per heavy atom. The third kappa shape index (κ3) is 3.82. The van der Waals surface area contributed by atoms with Gasteiger partial charge in [0.25, 0.3) is 0 Å². The van der Waals surface area contributed by atoms with E-state index >= 15 is 0 Å². The largest absolute Gasteiger partial charge is 0.481 e. The first kappa shape index (κ1) is 12.4. The first-order chi connectivity index (χ1) is 7.63. The molecule has 0 saturated carbocycles. The minimum Gasteiger partial charge on any atom is -0.481 e. The molecule has 16 heavy (non-hydrogen) atoms. The fourth-order valence-corrected chi connectivity index (χ4v) is 1.07. The van der Waals surface area contributed by atoms with E-state index < -0.39 is 11.9 Å². The number of carboxylic acids is 1. The second-order valence-corrected chi connectivity index (χ2v) is 3.45. The zero-order valence-electron chi connectivity index (χ0n) is 9.30. The Labute approximate surface area is 93.7 Å². The monoisotopic (exact) mass is 225 g/mol. The molecule has 0 radical (unpaired) electrons. The maximum absolute atomic E-state index is 10.6. The van der Waals surface area contributed by atoms with Gasteiger partial charge in [-0.3, -0.25) is 4.79 Å². The highest BCUT2D eigenvalue weighted by atomic mass is 16.5. The first-order valence-electron chi connectivity index (χ1n) is 4.90. The number of ether oxygens (including phenoxy) is 1. The fraction of sp³-hybridized carbons (Fsp3) is 0.500. The van der Waals surface area contributed by atoms with Gasteiger partial charge in [-0.2, -0.15) is 0 Å². The normalized spacial score (nSPS) is 12.1. The van der Waals surface area contributed by atoms with E-state index in [1.54, 1.807) is 20.1 Å². The molecule has 0 aliphatic carbocycles. The van der Waals surface area contributed by atoms with E-state index in [0.29, 0.717) is 19.0 Å². The molecular weight excluding hydrogens is 210 g/mol. The average molecular weight is 225 g/mol. The molecule has 0 amide bonds. The van der Waals surface area contributed by atoms with Crippen molar-refractivity contribution in [3.8, 4) is 0 Å². The number of methoxy groups -OCH3 is 1. The molecule has 2 N–H and O–H groups in total. The molecule has 0 aliphatic rings. The number of rotatable bonds is 6. The van der Waals surface area contributed by atoms with Crippen LogP contribution in [-0.4, -0.2) is 34.7 Å². The summed E-state index contributed by atoms with van der Waals surface area (Å²) in [6.07, 6.45) is 1.42. The molecule has 0 saturated heterocycles. The maximum Gasteiger partial charge on any atom is 0.308 e. The molecule has 1 heterocycles. The fourth-order valence-electron chi connectivity index (χ4n) is 1.07. The van der Waals surface area contributed by atoms with E-state index in [9.17, 15) is 4.79 Å². The summed E-state index contributed by atoms with van der Waals surface area (Å²) in [5.41, 5.74) is 0.753. The van der Waals surface area contributed by atoms with Crippen LogP contribution in [0.25, 0.3) is 0 Å². The molecule has 6 nitrogen and oxygen atoms in total. The zero-order valence-corrected chi connectivity index (χ0v) is 9.30. The van der Waals surface area contributed by atoms with Crippen LogP contribution < -0.4 is 5.32 Å². The molecule has 0 spiro atoms. The van der Waals surface area contributed by atoms with Crippen LogP contribution >= 0.6 is 0 Å². The summed E-state index contributed by atoms with van der Waals surface area (Å²) in [4.78, 5) is 18.6. The predicted molar refractivity (Wildman–Crippen MR) is 58.0 cm³/mol. The number of nitrogens with one attached hydrogen (secondary N) is 1. The van der Waals surface area contributed by atoms with E-state index in [-0.39, 0.29) is 0 Å². The van der Waals surface area contributed by atoms with Gasteiger partial charge in [0, 0.05) is 19.7 Å². The molecule has 0 fully saturated rings. The molecule has 1 aromatic heterocycles. The van der Waals surface area contributed by atoms with Crippen molar-refractivity contribution in [3.63, 3.8) is 0 Å².